The van der Waals surface area contributed by atoms with E-state index in [1.165, 1.54) is 36.4 Å². The summed E-state index contributed by atoms with van der Waals surface area (Å²) in [5, 5.41) is 2.44. The number of rotatable bonds is 4. The Bertz CT molecular complexity index is 1160. The van der Waals surface area contributed by atoms with Crippen molar-refractivity contribution in [2.75, 3.05) is 5.32 Å². The number of aromatic nitrogens is 2. The van der Waals surface area contributed by atoms with Gasteiger partial charge in [0.05, 0.1) is 11.1 Å². The zero-order valence-corrected chi connectivity index (χ0v) is 15.0. The van der Waals surface area contributed by atoms with Gasteiger partial charge in [-0.25, -0.2) is 17.6 Å². The van der Waals surface area contributed by atoms with Gasteiger partial charge in [0.15, 0.2) is 11.6 Å². The van der Waals surface area contributed by atoms with Crippen molar-refractivity contribution in [2.45, 2.75) is 4.90 Å². The molecule has 1 amide bonds. The van der Waals surface area contributed by atoms with Crippen LogP contribution >= 0.6 is 11.6 Å². The van der Waals surface area contributed by atoms with Gasteiger partial charge < -0.3 is 5.32 Å². The number of nitrogens with one attached hydrogen (secondary N) is 1. The van der Waals surface area contributed by atoms with Crippen LogP contribution in [0.5, 0.6) is 0 Å². The van der Waals surface area contributed by atoms with Gasteiger partial charge in [0, 0.05) is 10.6 Å². The van der Waals surface area contributed by atoms with Crippen molar-refractivity contribution in [3.63, 3.8) is 0 Å². The third-order valence-electron chi connectivity index (χ3n) is 3.49. The number of amides is 1. The number of carbonyl (C=O) groups is 1. The average Bonchev–Trinajstić information content (AvgIpc) is 2.65. The second-order valence-corrected chi connectivity index (χ2v) is 7.55. The minimum Gasteiger partial charge on any atom is -0.304 e. The largest absolute Gasteiger partial charge is 0.363 e. The van der Waals surface area contributed by atoms with Crippen molar-refractivity contribution in [2.24, 2.45) is 0 Å². The highest BCUT2D eigenvalue weighted by molar-refractivity contribution is 7.90. The second kappa shape index (κ2) is 7.29. The van der Waals surface area contributed by atoms with Crippen LogP contribution in [0.1, 0.15) is 10.4 Å². The van der Waals surface area contributed by atoms with Crippen molar-refractivity contribution in [3.8, 4) is 0 Å². The van der Waals surface area contributed by atoms with E-state index >= 15 is 0 Å². The highest BCUT2D eigenvalue weighted by Crippen LogP contribution is 2.17. The normalized spacial score (nSPS) is 11.2. The van der Waals surface area contributed by atoms with E-state index in [2.05, 4.69) is 10.3 Å². The second-order valence-electron chi connectivity index (χ2n) is 5.29. The Morgan fingerprint density at radius 2 is 1.70 bits per heavy atom. The summed E-state index contributed by atoms with van der Waals surface area (Å²) in [6.07, 6.45) is 0.458. The minimum absolute atomic E-state index is 0.156. The molecular weight excluding hydrogens is 397 g/mol. The van der Waals surface area contributed by atoms with Gasteiger partial charge in [0.1, 0.15) is 0 Å². The first-order valence-electron chi connectivity index (χ1n) is 7.46. The van der Waals surface area contributed by atoms with Gasteiger partial charge in [-0.15, -0.1) is 0 Å². The van der Waals surface area contributed by atoms with Crippen molar-refractivity contribution in [1.82, 2.24) is 8.96 Å². The molecule has 2 aromatic carbocycles. The Kier molecular flexibility index (Phi) is 5.06. The van der Waals surface area contributed by atoms with Crippen molar-refractivity contribution < 1.29 is 17.6 Å². The van der Waals surface area contributed by atoms with Crippen LogP contribution in [0, 0.1) is 5.82 Å². The molecule has 0 aliphatic heterocycles. The van der Waals surface area contributed by atoms with Crippen molar-refractivity contribution >= 4 is 33.3 Å². The number of nitrogens with zero attached hydrogens (tertiary/aromatic N) is 2. The van der Waals surface area contributed by atoms with Crippen LogP contribution < -0.4 is 11.0 Å². The zero-order valence-electron chi connectivity index (χ0n) is 13.5. The SMILES string of the molecule is O=C(Nc1nc(=O)n(S(=O)(=O)c2ccc(Cl)cc2)cc1F)c1ccccc1. The summed E-state index contributed by atoms with van der Waals surface area (Å²) in [6, 6.07) is 12.9. The maximum atomic E-state index is 14.3. The van der Waals surface area contributed by atoms with Gasteiger partial charge in [0.2, 0.25) is 0 Å². The first-order chi connectivity index (χ1) is 12.8. The summed E-state index contributed by atoms with van der Waals surface area (Å²) in [7, 11) is -4.38. The van der Waals surface area contributed by atoms with Gasteiger partial charge >= 0.3 is 5.69 Å². The summed E-state index contributed by atoms with van der Waals surface area (Å²) in [6.45, 7) is 0. The lowest BCUT2D eigenvalue weighted by Crippen LogP contribution is -2.31. The summed E-state index contributed by atoms with van der Waals surface area (Å²) < 4.78 is 39.4. The molecule has 10 heteroatoms. The molecule has 7 nitrogen and oxygen atoms in total. The maximum absolute atomic E-state index is 14.3. The molecule has 1 N–H and O–H groups in total. The van der Waals surface area contributed by atoms with E-state index in [-0.39, 0.29) is 14.4 Å². The Morgan fingerprint density at radius 1 is 1.07 bits per heavy atom. The Hall–Kier alpha value is -3.04. The number of anilines is 1. The highest BCUT2D eigenvalue weighted by atomic mass is 35.5. The van der Waals surface area contributed by atoms with E-state index in [9.17, 15) is 22.4 Å². The van der Waals surface area contributed by atoms with Gasteiger partial charge in [-0.3, -0.25) is 4.79 Å². The van der Waals surface area contributed by atoms with Gasteiger partial charge in [-0.05, 0) is 36.4 Å². The smallest absolute Gasteiger partial charge is 0.304 e. The number of benzene rings is 2. The number of hydrogen-bond donors (Lipinski definition) is 1. The van der Waals surface area contributed by atoms with Crippen LogP contribution in [0.25, 0.3) is 0 Å². The first kappa shape index (κ1) is 18.7. The third-order valence-corrected chi connectivity index (χ3v) is 5.39. The molecule has 0 spiro atoms. The monoisotopic (exact) mass is 407 g/mol. The molecule has 138 valence electrons. The fourth-order valence-electron chi connectivity index (χ4n) is 2.17. The molecule has 0 saturated carbocycles. The van der Waals surface area contributed by atoms with E-state index in [4.69, 9.17) is 11.6 Å². The maximum Gasteiger partial charge on any atom is 0.363 e. The molecule has 3 rings (SSSR count). The van der Waals surface area contributed by atoms with Gasteiger partial charge in [-0.1, -0.05) is 29.8 Å². The number of hydrogen-bond acceptors (Lipinski definition) is 5. The molecule has 1 heterocycles. The van der Waals surface area contributed by atoms with Crippen LogP contribution in [-0.2, 0) is 10.0 Å². The topological polar surface area (TPSA) is 98.1 Å². The fraction of sp³-hybridized carbons (Fsp3) is 0. The zero-order chi connectivity index (χ0) is 19.6. The molecule has 0 unspecified atom stereocenters. The lowest BCUT2D eigenvalue weighted by molar-refractivity contribution is 0.102. The lowest BCUT2D eigenvalue weighted by Gasteiger charge is -2.10. The molecule has 0 radical (unpaired) electrons. The van der Waals surface area contributed by atoms with E-state index < -0.39 is 33.3 Å². The molecule has 3 aromatic rings. The molecule has 0 atom stereocenters. The third kappa shape index (κ3) is 3.88. The molecule has 1 aromatic heterocycles. The Morgan fingerprint density at radius 3 is 2.33 bits per heavy atom. The van der Waals surface area contributed by atoms with Crippen LogP contribution in [0.2, 0.25) is 5.02 Å². The summed E-state index contributed by atoms with van der Waals surface area (Å²) >= 11 is 5.71. The Balaban J connectivity index is 1.97. The number of carbonyl (C=O) groups excluding carboxylic acids is 1. The molecular formula is C17H11ClFN3O4S. The minimum atomic E-state index is -4.38. The summed E-state index contributed by atoms with van der Waals surface area (Å²) in [4.78, 5) is 27.3. The van der Waals surface area contributed by atoms with Crippen molar-refractivity contribution in [3.05, 3.63) is 87.7 Å². The van der Waals surface area contributed by atoms with Crippen LogP contribution in [0.4, 0.5) is 10.2 Å². The predicted molar refractivity (Wildman–Crippen MR) is 96.9 cm³/mol. The van der Waals surface area contributed by atoms with E-state index in [1.54, 1.807) is 18.2 Å². The predicted octanol–water partition coefficient (Wildman–Crippen LogP) is 2.53. The van der Waals surface area contributed by atoms with E-state index in [0.29, 0.717) is 11.2 Å². The van der Waals surface area contributed by atoms with Gasteiger partial charge in [-0.2, -0.15) is 8.96 Å². The van der Waals surface area contributed by atoms with Crippen molar-refractivity contribution in [1.29, 1.82) is 0 Å². The molecule has 0 saturated heterocycles. The standard InChI is InChI=1S/C17H11ClFN3O4S/c18-12-6-8-13(9-7-12)27(25,26)22-10-14(19)15(21-17(22)24)20-16(23)11-4-2-1-3-5-11/h1-10H,(H,20,21,23,24). The Labute approximate surface area is 158 Å². The first-order valence-corrected chi connectivity index (χ1v) is 9.27. The van der Waals surface area contributed by atoms with E-state index in [0.717, 1.165) is 0 Å². The average molecular weight is 408 g/mol. The summed E-state index contributed by atoms with van der Waals surface area (Å²) in [5.41, 5.74) is -1.05. The molecule has 0 aliphatic rings. The molecule has 0 fully saturated rings. The highest BCUT2D eigenvalue weighted by Gasteiger charge is 2.22. The van der Waals surface area contributed by atoms with Crippen LogP contribution in [-0.4, -0.2) is 23.3 Å². The lowest BCUT2D eigenvalue weighted by atomic mass is 10.2. The molecule has 0 aliphatic carbocycles. The fourth-order valence-corrected chi connectivity index (χ4v) is 3.48. The molecule has 27 heavy (non-hydrogen) atoms. The summed E-state index contributed by atoms with van der Waals surface area (Å²) in [5.74, 6) is -2.55. The quantitative estimate of drug-likeness (QED) is 0.716. The number of halogens is 2. The van der Waals surface area contributed by atoms with Gasteiger partial charge in [0.25, 0.3) is 15.9 Å². The van der Waals surface area contributed by atoms with Crippen LogP contribution in [0.3, 0.4) is 0 Å². The van der Waals surface area contributed by atoms with E-state index in [1.807, 2.05) is 0 Å². The van der Waals surface area contributed by atoms with Crippen LogP contribution in [0.15, 0.2) is 70.5 Å². The molecule has 0 bridgehead atoms.